The van der Waals surface area contributed by atoms with Gasteiger partial charge in [0, 0.05) is 18.5 Å². The minimum atomic E-state index is -0.688. The van der Waals surface area contributed by atoms with E-state index in [1.54, 1.807) is 0 Å². The third-order valence-corrected chi connectivity index (χ3v) is 3.90. The van der Waals surface area contributed by atoms with E-state index in [2.05, 4.69) is 10.6 Å². The molecule has 1 aliphatic carbocycles. The van der Waals surface area contributed by atoms with Crippen LogP contribution in [0.25, 0.3) is 10.8 Å². The molecule has 2 aromatic rings. The third kappa shape index (κ3) is 4.68. The van der Waals surface area contributed by atoms with Gasteiger partial charge in [-0.3, -0.25) is 0 Å². The van der Waals surface area contributed by atoms with Gasteiger partial charge in [0.2, 0.25) is 0 Å². The fraction of sp³-hybridized carbons (Fsp3) is 0.389. The Bertz CT molecular complexity index is 665. The summed E-state index contributed by atoms with van der Waals surface area (Å²) in [6.45, 7) is 1.13. The number of carbonyl (C=O) groups excluding carboxylic acids is 1. The first kappa shape index (κ1) is 15.8. The molecule has 1 atom stereocenters. The summed E-state index contributed by atoms with van der Waals surface area (Å²) in [7, 11) is 0. The van der Waals surface area contributed by atoms with Gasteiger partial charge in [-0.25, -0.2) is 4.79 Å². The number of rotatable bonds is 7. The van der Waals surface area contributed by atoms with Gasteiger partial charge in [0.15, 0.2) is 0 Å². The Morgan fingerprint density at radius 1 is 1.22 bits per heavy atom. The van der Waals surface area contributed by atoms with Crippen molar-refractivity contribution in [3.05, 3.63) is 42.5 Å². The highest BCUT2D eigenvalue weighted by atomic mass is 16.5. The number of urea groups is 1. The molecule has 5 nitrogen and oxygen atoms in total. The van der Waals surface area contributed by atoms with Gasteiger partial charge < -0.3 is 20.5 Å². The van der Waals surface area contributed by atoms with Crippen LogP contribution in [0.3, 0.4) is 0 Å². The lowest BCUT2D eigenvalue weighted by Crippen LogP contribution is -2.37. The van der Waals surface area contributed by atoms with Gasteiger partial charge in [0.25, 0.3) is 0 Å². The molecule has 3 N–H and O–H groups in total. The number of benzene rings is 2. The summed E-state index contributed by atoms with van der Waals surface area (Å²) in [6, 6.07) is 13.3. The number of hydrogen-bond donors (Lipinski definition) is 3. The van der Waals surface area contributed by atoms with Crippen LogP contribution in [0, 0.1) is 5.92 Å². The van der Waals surface area contributed by atoms with Crippen LogP contribution < -0.4 is 10.6 Å². The van der Waals surface area contributed by atoms with Gasteiger partial charge in [-0.1, -0.05) is 36.4 Å². The second-order valence-electron chi connectivity index (χ2n) is 6.00. The molecule has 0 aromatic heterocycles. The Morgan fingerprint density at radius 2 is 2.00 bits per heavy atom. The van der Waals surface area contributed by atoms with Gasteiger partial charge in [-0.15, -0.1) is 0 Å². The smallest absolute Gasteiger partial charge is 0.319 e. The van der Waals surface area contributed by atoms with Crippen molar-refractivity contribution >= 4 is 22.5 Å². The molecule has 1 saturated carbocycles. The van der Waals surface area contributed by atoms with Gasteiger partial charge in [-0.05, 0) is 30.2 Å². The van der Waals surface area contributed by atoms with Crippen molar-refractivity contribution < 1.29 is 14.6 Å². The van der Waals surface area contributed by atoms with Crippen LogP contribution in [0.5, 0.6) is 0 Å². The van der Waals surface area contributed by atoms with E-state index in [-0.39, 0.29) is 19.2 Å². The van der Waals surface area contributed by atoms with E-state index in [9.17, 15) is 9.90 Å². The normalized spacial score (nSPS) is 15.3. The fourth-order valence-electron chi connectivity index (χ4n) is 2.43. The molecule has 2 amide bonds. The predicted molar refractivity (Wildman–Crippen MR) is 90.5 cm³/mol. The Labute approximate surface area is 135 Å². The fourth-order valence-corrected chi connectivity index (χ4v) is 2.43. The van der Waals surface area contributed by atoms with Crippen LogP contribution in [0.1, 0.15) is 12.8 Å². The van der Waals surface area contributed by atoms with Crippen LogP contribution >= 0.6 is 0 Å². The van der Waals surface area contributed by atoms with Gasteiger partial charge in [0.05, 0.1) is 18.4 Å². The Morgan fingerprint density at radius 3 is 2.83 bits per heavy atom. The summed E-state index contributed by atoms with van der Waals surface area (Å²) in [5.41, 5.74) is 0.750. The summed E-state index contributed by atoms with van der Waals surface area (Å²) >= 11 is 0. The summed E-state index contributed by atoms with van der Waals surface area (Å²) in [6.07, 6.45) is 1.76. The second kappa shape index (κ2) is 7.44. The molecular weight excluding hydrogens is 292 g/mol. The SMILES string of the molecule is O=C(NC[C@H](O)COCC1CC1)Nc1cccc2ccccc12. The van der Waals surface area contributed by atoms with Crippen LogP contribution in [-0.2, 0) is 4.74 Å². The third-order valence-electron chi connectivity index (χ3n) is 3.90. The quantitative estimate of drug-likeness (QED) is 0.736. The largest absolute Gasteiger partial charge is 0.389 e. The van der Waals surface area contributed by atoms with Crippen LogP contribution in [-0.4, -0.2) is 37.0 Å². The van der Waals surface area contributed by atoms with Gasteiger partial charge >= 0.3 is 6.03 Å². The highest BCUT2D eigenvalue weighted by Gasteiger charge is 2.21. The van der Waals surface area contributed by atoms with E-state index in [0.29, 0.717) is 12.5 Å². The van der Waals surface area contributed by atoms with Crippen molar-refractivity contribution in [2.24, 2.45) is 5.92 Å². The minimum absolute atomic E-state index is 0.168. The van der Waals surface area contributed by atoms with Crippen molar-refractivity contribution in [1.82, 2.24) is 5.32 Å². The number of hydrogen-bond acceptors (Lipinski definition) is 3. The molecule has 0 aliphatic heterocycles. The Hall–Kier alpha value is -2.11. The first-order chi connectivity index (χ1) is 11.2. The van der Waals surface area contributed by atoms with Crippen LogP contribution in [0.2, 0.25) is 0 Å². The summed E-state index contributed by atoms with van der Waals surface area (Å²) in [5.74, 6) is 0.671. The number of aliphatic hydroxyl groups is 1. The van der Waals surface area contributed by atoms with E-state index < -0.39 is 6.10 Å². The lowest BCUT2D eigenvalue weighted by Gasteiger charge is -2.14. The number of anilines is 1. The first-order valence-electron chi connectivity index (χ1n) is 8.01. The number of fused-ring (bicyclic) bond motifs is 1. The lowest BCUT2D eigenvalue weighted by molar-refractivity contribution is 0.0339. The van der Waals surface area contributed by atoms with Crippen molar-refractivity contribution in [3.8, 4) is 0 Å². The zero-order valence-electron chi connectivity index (χ0n) is 13.0. The molecule has 0 unspecified atom stereocenters. The van der Waals surface area contributed by atoms with E-state index >= 15 is 0 Å². The topological polar surface area (TPSA) is 70.6 Å². The van der Waals surface area contributed by atoms with Gasteiger partial charge in [-0.2, -0.15) is 0 Å². The highest BCUT2D eigenvalue weighted by Crippen LogP contribution is 2.28. The maximum atomic E-state index is 12.0. The van der Waals surface area contributed by atoms with Crippen molar-refractivity contribution in [2.75, 3.05) is 25.1 Å². The van der Waals surface area contributed by atoms with Crippen LogP contribution in [0.15, 0.2) is 42.5 Å². The van der Waals surface area contributed by atoms with Crippen molar-refractivity contribution in [3.63, 3.8) is 0 Å². The molecular formula is C18H22N2O3. The van der Waals surface area contributed by atoms with E-state index in [1.807, 2.05) is 42.5 Å². The van der Waals surface area contributed by atoms with Crippen molar-refractivity contribution in [2.45, 2.75) is 18.9 Å². The molecule has 2 aromatic carbocycles. The monoisotopic (exact) mass is 314 g/mol. The maximum Gasteiger partial charge on any atom is 0.319 e. The summed E-state index contributed by atoms with van der Waals surface area (Å²) in [4.78, 5) is 12.0. The lowest BCUT2D eigenvalue weighted by atomic mass is 10.1. The summed E-state index contributed by atoms with van der Waals surface area (Å²) in [5, 5.41) is 17.3. The number of carbonyl (C=O) groups is 1. The number of aliphatic hydroxyl groups excluding tert-OH is 1. The average Bonchev–Trinajstić information content (AvgIpc) is 3.38. The zero-order chi connectivity index (χ0) is 16.1. The molecule has 0 saturated heterocycles. The van der Waals surface area contributed by atoms with Crippen molar-refractivity contribution in [1.29, 1.82) is 0 Å². The molecule has 0 radical (unpaired) electrons. The molecule has 0 spiro atoms. The first-order valence-corrected chi connectivity index (χ1v) is 8.01. The zero-order valence-corrected chi connectivity index (χ0v) is 13.0. The Balaban J connectivity index is 1.46. The van der Waals surface area contributed by atoms with Gasteiger partial charge in [0.1, 0.15) is 0 Å². The molecule has 0 heterocycles. The van der Waals surface area contributed by atoms with E-state index in [1.165, 1.54) is 12.8 Å². The number of ether oxygens (including phenoxy) is 1. The second-order valence-corrected chi connectivity index (χ2v) is 6.00. The maximum absolute atomic E-state index is 12.0. The average molecular weight is 314 g/mol. The molecule has 1 aliphatic rings. The van der Waals surface area contributed by atoms with Crippen LogP contribution in [0.4, 0.5) is 10.5 Å². The molecule has 23 heavy (non-hydrogen) atoms. The highest BCUT2D eigenvalue weighted by molar-refractivity contribution is 6.01. The number of amides is 2. The Kier molecular flexibility index (Phi) is 5.10. The predicted octanol–water partition coefficient (Wildman–Crippen LogP) is 2.75. The molecule has 5 heteroatoms. The summed E-state index contributed by atoms with van der Waals surface area (Å²) < 4.78 is 5.41. The molecule has 3 rings (SSSR count). The van der Waals surface area contributed by atoms with E-state index in [4.69, 9.17) is 4.74 Å². The number of nitrogens with one attached hydrogen (secondary N) is 2. The molecule has 0 bridgehead atoms. The minimum Gasteiger partial charge on any atom is -0.389 e. The standard InChI is InChI=1S/C18H22N2O3/c21-15(12-23-11-13-8-9-13)10-19-18(22)20-17-7-3-5-14-4-1-2-6-16(14)17/h1-7,13,15,21H,8-12H2,(H2,19,20,22)/t15-/m0/s1. The van der Waals surface area contributed by atoms with E-state index in [0.717, 1.165) is 16.5 Å². The molecule has 122 valence electrons. The molecule has 1 fully saturated rings.